The molecule has 2 aromatic rings. The normalized spacial score (nSPS) is 11.3. The van der Waals surface area contributed by atoms with Gasteiger partial charge in [0.05, 0.1) is 20.0 Å². The third-order valence-corrected chi connectivity index (χ3v) is 5.00. The summed E-state index contributed by atoms with van der Waals surface area (Å²) in [6.07, 6.45) is 0.521. The van der Waals surface area contributed by atoms with Crippen LogP contribution < -0.4 is 14.2 Å². The van der Waals surface area contributed by atoms with E-state index < -0.39 is 10.0 Å². The number of benzene rings is 2. The van der Waals surface area contributed by atoms with Crippen LogP contribution in [0.2, 0.25) is 0 Å². The van der Waals surface area contributed by atoms with Crippen molar-refractivity contribution in [1.29, 1.82) is 0 Å². The summed E-state index contributed by atoms with van der Waals surface area (Å²) in [6.45, 7) is 2.25. The molecule has 5 nitrogen and oxygen atoms in total. The molecular weight excluding hydrogens is 326 g/mol. The van der Waals surface area contributed by atoms with Gasteiger partial charge in [0.25, 0.3) is 0 Å². The second kappa shape index (κ2) is 8.17. The molecule has 0 saturated heterocycles. The smallest absolute Gasteiger partial charge is 0.215 e. The SMILES string of the molecule is COc1ccc(OC)c(CCNS(=O)(=O)Cc2cccc(C)c2)c1. The van der Waals surface area contributed by atoms with E-state index in [0.717, 1.165) is 16.7 Å². The minimum atomic E-state index is -3.38. The second-order valence-electron chi connectivity index (χ2n) is 5.57. The number of nitrogens with one attached hydrogen (secondary N) is 1. The molecule has 1 N–H and O–H groups in total. The molecule has 0 aliphatic heterocycles. The Morgan fingerprint density at radius 1 is 1.04 bits per heavy atom. The summed E-state index contributed by atoms with van der Waals surface area (Å²) >= 11 is 0. The third-order valence-electron chi connectivity index (χ3n) is 3.64. The molecule has 0 aromatic heterocycles. The molecule has 0 aliphatic rings. The summed E-state index contributed by atoms with van der Waals surface area (Å²) in [5.74, 6) is 1.41. The molecule has 2 rings (SSSR count). The summed E-state index contributed by atoms with van der Waals surface area (Å²) in [7, 11) is -0.195. The van der Waals surface area contributed by atoms with Gasteiger partial charge in [0.1, 0.15) is 11.5 Å². The molecule has 2 aromatic carbocycles. The van der Waals surface area contributed by atoms with Crippen LogP contribution >= 0.6 is 0 Å². The summed E-state index contributed by atoms with van der Waals surface area (Å²) in [5, 5.41) is 0. The number of rotatable bonds is 8. The van der Waals surface area contributed by atoms with E-state index in [1.807, 2.05) is 49.4 Å². The maximum atomic E-state index is 12.2. The van der Waals surface area contributed by atoms with E-state index in [4.69, 9.17) is 9.47 Å². The molecule has 0 atom stereocenters. The van der Waals surface area contributed by atoms with Crippen LogP contribution in [0.15, 0.2) is 42.5 Å². The van der Waals surface area contributed by atoms with Crippen molar-refractivity contribution in [2.75, 3.05) is 20.8 Å². The Morgan fingerprint density at radius 3 is 2.50 bits per heavy atom. The summed E-state index contributed by atoms with van der Waals surface area (Å²) in [6, 6.07) is 13.0. The van der Waals surface area contributed by atoms with Crippen molar-refractivity contribution < 1.29 is 17.9 Å². The van der Waals surface area contributed by atoms with Crippen molar-refractivity contribution in [2.24, 2.45) is 0 Å². The van der Waals surface area contributed by atoms with Crippen LogP contribution in [0.1, 0.15) is 16.7 Å². The number of ether oxygens (including phenoxy) is 2. The van der Waals surface area contributed by atoms with Crippen molar-refractivity contribution in [2.45, 2.75) is 19.1 Å². The van der Waals surface area contributed by atoms with Crippen LogP contribution in [0.5, 0.6) is 11.5 Å². The Balaban J connectivity index is 1.98. The minimum Gasteiger partial charge on any atom is -0.497 e. The molecule has 0 heterocycles. The first-order chi connectivity index (χ1) is 11.4. The molecule has 0 fully saturated rings. The lowest BCUT2D eigenvalue weighted by Crippen LogP contribution is -2.27. The monoisotopic (exact) mass is 349 g/mol. The van der Waals surface area contributed by atoms with Gasteiger partial charge in [-0.15, -0.1) is 0 Å². The molecule has 6 heteroatoms. The number of sulfonamides is 1. The van der Waals surface area contributed by atoms with E-state index in [9.17, 15) is 8.42 Å². The fourth-order valence-electron chi connectivity index (χ4n) is 2.49. The Kier molecular flexibility index (Phi) is 6.23. The lowest BCUT2D eigenvalue weighted by atomic mass is 10.1. The summed E-state index contributed by atoms with van der Waals surface area (Å²) in [4.78, 5) is 0. The molecule has 0 saturated carbocycles. The molecule has 24 heavy (non-hydrogen) atoms. The average molecular weight is 349 g/mol. The highest BCUT2D eigenvalue weighted by atomic mass is 32.2. The van der Waals surface area contributed by atoms with Crippen LogP contribution in [0.25, 0.3) is 0 Å². The summed E-state index contributed by atoms with van der Waals surface area (Å²) in [5.41, 5.74) is 2.72. The van der Waals surface area contributed by atoms with Crippen molar-refractivity contribution in [1.82, 2.24) is 4.72 Å². The Morgan fingerprint density at radius 2 is 1.83 bits per heavy atom. The van der Waals surface area contributed by atoms with Gasteiger partial charge in [0.15, 0.2) is 0 Å². The van der Waals surface area contributed by atoms with Crippen LogP contribution in [0.3, 0.4) is 0 Å². The number of aryl methyl sites for hydroxylation is 1. The maximum absolute atomic E-state index is 12.2. The molecular formula is C18H23NO4S. The van der Waals surface area contributed by atoms with Gasteiger partial charge in [-0.05, 0) is 42.7 Å². The molecule has 0 unspecified atom stereocenters. The van der Waals surface area contributed by atoms with E-state index in [1.54, 1.807) is 14.2 Å². The minimum absolute atomic E-state index is 0.0239. The largest absolute Gasteiger partial charge is 0.497 e. The molecule has 130 valence electrons. The average Bonchev–Trinajstić information content (AvgIpc) is 2.54. The molecule has 0 aliphatic carbocycles. The van der Waals surface area contributed by atoms with Crippen LogP contribution in [-0.2, 0) is 22.2 Å². The lowest BCUT2D eigenvalue weighted by molar-refractivity contribution is 0.398. The van der Waals surface area contributed by atoms with Crippen molar-refractivity contribution >= 4 is 10.0 Å². The third kappa shape index (κ3) is 5.25. The van der Waals surface area contributed by atoms with Gasteiger partial charge in [-0.1, -0.05) is 29.8 Å². The van der Waals surface area contributed by atoms with Crippen LogP contribution in [0, 0.1) is 6.92 Å². The van der Waals surface area contributed by atoms with Gasteiger partial charge in [-0.2, -0.15) is 0 Å². The highest BCUT2D eigenvalue weighted by molar-refractivity contribution is 7.88. The fraction of sp³-hybridized carbons (Fsp3) is 0.333. The zero-order valence-electron chi connectivity index (χ0n) is 14.2. The number of hydrogen-bond acceptors (Lipinski definition) is 4. The first kappa shape index (κ1) is 18.3. The molecule has 0 spiro atoms. The van der Waals surface area contributed by atoms with E-state index in [1.165, 1.54) is 0 Å². The quantitative estimate of drug-likeness (QED) is 0.796. The predicted molar refractivity (Wildman–Crippen MR) is 95.1 cm³/mol. The first-order valence-electron chi connectivity index (χ1n) is 7.67. The van der Waals surface area contributed by atoms with Gasteiger partial charge in [-0.3, -0.25) is 0 Å². The highest BCUT2D eigenvalue weighted by Gasteiger charge is 2.12. The standard InChI is InChI=1S/C18H23NO4S/c1-14-5-4-6-15(11-14)13-24(20,21)19-10-9-16-12-17(22-2)7-8-18(16)23-3/h4-8,11-12,19H,9-10,13H2,1-3H3. The zero-order valence-corrected chi connectivity index (χ0v) is 15.0. The van der Waals surface area contributed by atoms with Crippen LogP contribution in [0.4, 0.5) is 0 Å². The van der Waals surface area contributed by atoms with Crippen LogP contribution in [-0.4, -0.2) is 29.2 Å². The Bertz CT molecular complexity index is 787. The fourth-order valence-corrected chi connectivity index (χ4v) is 3.62. The van der Waals surface area contributed by atoms with Gasteiger partial charge in [0.2, 0.25) is 10.0 Å². The molecule has 0 radical (unpaired) electrons. The van der Waals surface area contributed by atoms with E-state index in [0.29, 0.717) is 24.5 Å². The number of hydrogen-bond donors (Lipinski definition) is 1. The van der Waals surface area contributed by atoms with Gasteiger partial charge < -0.3 is 9.47 Å². The topological polar surface area (TPSA) is 64.6 Å². The van der Waals surface area contributed by atoms with E-state index >= 15 is 0 Å². The molecule has 0 amide bonds. The Labute approximate surface area is 143 Å². The van der Waals surface area contributed by atoms with Crippen molar-refractivity contribution in [3.8, 4) is 11.5 Å². The van der Waals surface area contributed by atoms with Gasteiger partial charge >= 0.3 is 0 Å². The first-order valence-corrected chi connectivity index (χ1v) is 9.32. The van der Waals surface area contributed by atoms with E-state index in [2.05, 4.69) is 4.72 Å². The summed E-state index contributed by atoms with van der Waals surface area (Å²) < 4.78 is 37.6. The molecule has 0 bridgehead atoms. The van der Waals surface area contributed by atoms with Crippen molar-refractivity contribution in [3.63, 3.8) is 0 Å². The van der Waals surface area contributed by atoms with Gasteiger partial charge in [-0.25, -0.2) is 13.1 Å². The predicted octanol–water partition coefficient (Wildman–Crippen LogP) is 2.67. The zero-order chi connectivity index (χ0) is 17.6. The lowest BCUT2D eigenvalue weighted by Gasteiger charge is -2.11. The van der Waals surface area contributed by atoms with Crippen molar-refractivity contribution in [3.05, 3.63) is 59.2 Å². The van der Waals surface area contributed by atoms with Gasteiger partial charge in [0, 0.05) is 6.54 Å². The highest BCUT2D eigenvalue weighted by Crippen LogP contribution is 2.24. The number of methoxy groups -OCH3 is 2. The maximum Gasteiger partial charge on any atom is 0.215 e. The van der Waals surface area contributed by atoms with E-state index in [-0.39, 0.29) is 5.75 Å². The Hall–Kier alpha value is -2.05. The second-order valence-corrected chi connectivity index (χ2v) is 7.38.